The normalized spacial score (nSPS) is 11.1. The number of carboxylic acids is 1. The molecule has 1 amide bonds. The van der Waals surface area contributed by atoms with Crippen molar-refractivity contribution in [3.05, 3.63) is 57.6 Å². The van der Waals surface area contributed by atoms with Crippen molar-refractivity contribution in [3.8, 4) is 5.75 Å². The summed E-state index contributed by atoms with van der Waals surface area (Å²) in [7, 11) is 0. The molecule has 0 unspecified atom stereocenters. The minimum Gasteiger partial charge on any atom is -0.484 e. The van der Waals surface area contributed by atoms with Crippen LogP contribution in [0.2, 0.25) is 10.0 Å². The topological polar surface area (TPSA) is 75.6 Å². The Hall–Kier alpha value is -2.24. The van der Waals surface area contributed by atoms with Gasteiger partial charge in [-0.25, -0.2) is 4.79 Å². The van der Waals surface area contributed by atoms with Crippen molar-refractivity contribution in [2.45, 2.75) is 26.2 Å². The molecule has 0 radical (unpaired) electrons. The van der Waals surface area contributed by atoms with Crippen LogP contribution in [-0.4, -0.2) is 23.6 Å². The molecule has 2 rings (SSSR count). The summed E-state index contributed by atoms with van der Waals surface area (Å²) in [5.41, 5.74) is 1.20. The van der Waals surface area contributed by atoms with E-state index in [9.17, 15) is 9.59 Å². The van der Waals surface area contributed by atoms with Crippen LogP contribution in [0.15, 0.2) is 36.4 Å². The van der Waals surface area contributed by atoms with Gasteiger partial charge in [0.05, 0.1) is 21.3 Å². The van der Waals surface area contributed by atoms with Gasteiger partial charge in [-0.15, -0.1) is 0 Å². The highest BCUT2D eigenvalue weighted by atomic mass is 35.5. The number of hydrogen-bond donors (Lipinski definition) is 2. The Morgan fingerprint density at radius 1 is 1.08 bits per heavy atom. The largest absolute Gasteiger partial charge is 0.484 e. The zero-order valence-corrected chi connectivity index (χ0v) is 16.1. The molecule has 0 aliphatic heterocycles. The van der Waals surface area contributed by atoms with Gasteiger partial charge < -0.3 is 15.2 Å². The van der Waals surface area contributed by atoms with Crippen molar-refractivity contribution in [1.29, 1.82) is 0 Å². The van der Waals surface area contributed by atoms with Gasteiger partial charge in [-0.2, -0.15) is 0 Å². The SMILES string of the molecule is CC(C)(C)c1ccc(OCC(=O)Nc2cc(C(=O)O)c(Cl)cc2Cl)cc1. The van der Waals surface area contributed by atoms with Crippen LogP contribution in [0.25, 0.3) is 0 Å². The molecule has 26 heavy (non-hydrogen) atoms. The van der Waals surface area contributed by atoms with Crippen LogP contribution < -0.4 is 10.1 Å². The summed E-state index contributed by atoms with van der Waals surface area (Å²) in [6, 6.07) is 9.97. The van der Waals surface area contributed by atoms with Gasteiger partial charge in [0.2, 0.25) is 0 Å². The van der Waals surface area contributed by atoms with E-state index in [1.165, 1.54) is 12.1 Å². The molecule has 0 heterocycles. The third-order valence-electron chi connectivity index (χ3n) is 3.65. The molecule has 5 nitrogen and oxygen atoms in total. The summed E-state index contributed by atoms with van der Waals surface area (Å²) in [5, 5.41) is 11.7. The second-order valence-corrected chi connectivity index (χ2v) is 7.54. The van der Waals surface area contributed by atoms with Crippen molar-refractivity contribution < 1.29 is 19.4 Å². The lowest BCUT2D eigenvalue weighted by molar-refractivity contribution is -0.118. The Labute approximate surface area is 161 Å². The second kappa shape index (κ2) is 7.98. The smallest absolute Gasteiger partial charge is 0.337 e. The van der Waals surface area contributed by atoms with Crippen molar-refractivity contribution in [3.63, 3.8) is 0 Å². The molecule has 138 valence electrons. The Balaban J connectivity index is 2.01. The number of hydrogen-bond acceptors (Lipinski definition) is 3. The standard InChI is InChI=1S/C19H19Cl2NO4/c1-19(2,3)11-4-6-12(7-5-11)26-10-17(23)22-16-8-13(18(24)25)14(20)9-15(16)21/h4-9H,10H2,1-3H3,(H,22,23)(H,24,25). The van der Waals surface area contributed by atoms with Gasteiger partial charge in [-0.1, -0.05) is 56.1 Å². The molecule has 0 saturated heterocycles. The second-order valence-electron chi connectivity index (χ2n) is 6.73. The summed E-state index contributed by atoms with van der Waals surface area (Å²) in [5.74, 6) is -1.12. The number of anilines is 1. The van der Waals surface area contributed by atoms with E-state index in [1.54, 1.807) is 12.1 Å². The maximum Gasteiger partial charge on any atom is 0.337 e. The lowest BCUT2D eigenvalue weighted by Crippen LogP contribution is -2.20. The van der Waals surface area contributed by atoms with Gasteiger partial charge in [-0.05, 0) is 35.2 Å². The third kappa shape index (κ3) is 5.13. The van der Waals surface area contributed by atoms with E-state index in [4.69, 9.17) is 33.0 Å². The van der Waals surface area contributed by atoms with Crippen LogP contribution >= 0.6 is 23.2 Å². The molecule has 2 aromatic rings. The lowest BCUT2D eigenvalue weighted by atomic mass is 9.87. The molecule has 0 bridgehead atoms. The number of halogens is 2. The van der Waals surface area contributed by atoms with Crippen LogP contribution in [0, 0.1) is 0 Å². The number of carboxylic acid groups (broad SMARTS) is 1. The van der Waals surface area contributed by atoms with Gasteiger partial charge in [0.15, 0.2) is 6.61 Å². The molecule has 0 saturated carbocycles. The lowest BCUT2D eigenvalue weighted by Gasteiger charge is -2.19. The van der Waals surface area contributed by atoms with E-state index in [0.717, 1.165) is 5.56 Å². The molecule has 0 aliphatic carbocycles. The van der Waals surface area contributed by atoms with E-state index in [2.05, 4.69) is 26.1 Å². The monoisotopic (exact) mass is 395 g/mol. The number of rotatable bonds is 5. The first-order valence-electron chi connectivity index (χ1n) is 7.83. The first-order chi connectivity index (χ1) is 12.1. The zero-order valence-electron chi connectivity index (χ0n) is 14.6. The van der Waals surface area contributed by atoms with E-state index in [-0.39, 0.29) is 33.3 Å². The fourth-order valence-corrected chi connectivity index (χ4v) is 2.71. The summed E-state index contributed by atoms with van der Waals surface area (Å²) in [6.45, 7) is 6.09. The van der Waals surface area contributed by atoms with Gasteiger partial charge in [0.25, 0.3) is 5.91 Å². The van der Waals surface area contributed by atoms with E-state index < -0.39 is 11.9 Å². The number of aromatic carboxylic acids is 1. The van der Waals surface area contributed by atoms with Crippen molar-refractivity contribution >= 4 is 40.8 Å². The molecule has 0 aromatic heterocycles. The summed E-state index contributed by atoms with van der Waals surface area (Å²) in [6.07, 6.45) is 0. The molecular weight excluding hydrogens is 377 g/mol. The van der Waals surface area contributed by atoms with Crippen LogP contribution in [0.5, 0.6) is 5.75 Å². The van der Waals surface area contributed by atoms with E-state index >= 15 is 0 Å². The van der Waals surface area contributed by atoms with Crippen LogP contribution in [0.3, 0.4) is 0 Å². The quantitative estimate of drug-likeness (QED) is 0.745. The fourth-order valence-electron chi connectivity index (χ4n) is 2.19. The van der Waals surface area contributed by atoms with E-state index in [1.807, 2.05) is 12.1 Å². The molecule has 0 spiro atoms. The zero-order chi connectivity index (χ0) is 19.5. The molecule has 7 heteroatoms. The minimum absolute atomic E-state index is 0.00399. The van der Waals surface area contributed by atoms with Gasteiger partial charge in [0.1, 0.15) is 5.75 Å². The minimum atomic E-state index is -1.21. The maximum absolute atomic E-state index is 12.1. The average molecular weight is 396 g/mol. The maximum atomic E-state index is 12.1. The first-order valence-corrected chi connectivity index (χ1v) is 8.59. The predicted molar refractivity (Wildman–Crippen MR) is 103 cm³/mol. The first kappa shape index (κ1) is 20.1. The number of amides is 1. The summed E-state index contributed by atoms with van der Waals surface area (Å²) in [4.78, 5) is 23.2. The highest BCUT2D eigenvalue weighted by molar-refractivity contribution is 6.38. The number of benzene rings is 2. The fraction of sp³-hybridized carbons (Fsp3) is 0.263. The number of ether oxygens (including phenoxy) is 1. The molecule has 0 fully saturated rings. The van der Waals surface area contributed by atoms with Crippen LogP contribution in [-0.2, 0) is 10.2 Å². The van der Waals surface area contributed by atoms with Gasteiger partial charge in [0, 0.05) is 0 Å². The molecule has 2 aromatic carbocycles. The molecular formula is C19H19Cl2NO4. The van der Waals surface area contributed by atoms with E-state index in [0.29, 0.717) is 5.75 Å². The highest BCUT2D eigenvalue weighted by Crippen LogP contribution is 2.29. The third-order valence-corrected chi connectivity index (χ3v) is 4.28. The molecule has 0 atom stereocenters. The Kier molecular flexibility index (Phi) is 6.16. The predicted octanol–water partition coefficient (Wildman–Crippen LogP) is 5.01. The number of nitrogens with one attached hydrogen (secondary N) is 1. The van der Waals surface area contributed by atoms with Crippen LogP contribution in [0.4, 0.5) is 5.69 Å². The Morgan fingerprint density at radius 3 is 2.23 bits per heavy atom. The Bertz CT molecular complexity index is 827. The Morgan fingerprint density at radius 2 is 1.69 bits per heavy atom. The number of carbonyl (C=O) groups excluding carboxylic acids is 1. The van der Waals surface area contributed by atoms with Gasteiger partial charge >= 0.3 is 5.97 Å². The highest BCUT2D eigenvalue weighted by Gasteiger charge is 2.16. The summed E-state index contributed by atoms with van der Waals surface area (Å²) >= 11 is 11.8. The average Bonchev–Trinajstić information content (AvgIpc) is 2.54. The molecule has 0 aliphatic rings. The van der Waals surface area contributed by atoms with Crippen molar-refractivity contribution in [2.75, 3.05) is 11.9 Å². The number of carbonyl (C=O) groups is 2. The summed E-state index contributed by atoms with van der Waals surface area (Å²) < 4.78 is 5.45. The van der Waals surface area contributed by atoms with Crippen LogP contribution in [0.1, 0.15) is 36.7 Å². The van der Waals surface area contributed by atoms with Gasteiger partial charge in [-0.3, -0.25) is 4.79 Å². The van der Waals surface area contributed by atoms with Crippen molar-refractivity contribution in [2.24, 2.45) is 0 Å². The van der Waals surface area contributed by atoms with Crippen molar-refractivity contribution in [1.82, 2.24) is 0 Å². The molecule has 2 N–H and O–H groups in total.